The van der Waals surface area contributed by atoms with E-state index in [1.165, 1.54) is 0 Å². The summed E-state index contributed by atoms with van der Waals surface area (Å²) in [5.74, 6) is 0. The standard InChI is InChI=1S/C8H12O/c1-3-5-6-7-8-9-4-2/h3,7H,4,8H2,1-2H3. The van der Waals surface area contributed by atoms with Crippen LogP contribution in [-0.4, -0.2) is 13.2 Å². The lowest BCUT2D eigenvalue weighted by molar-refractivity contribution is 0.177. The van der Waals surface area contributed by atoms with Gasteiger partial charge in [0, 0.05) is 6.61 Å². The highest BCUT2D eigenvalue weighted by molar-refractivity contribution is 4.84. The molecule has 0 radical (unpaired) electrons. The highest BCUT2D eigenvalue weighted by Crippen LogP contribution is 1.72. The van der Waals surface area contributed by atoms with Crippen LogP contribution in [0.15, 0.2) is 23.6 Å². The van der Waals surface area contributed by atoms with E-state index in [0.717, 1.165) is 6.61 Å². The molecular weight excluding hydrogens is 112 g/mol. The Morgan fingerprint density at radius 2 is 2.22 bits per heavy atom. The molecule has 0 bridgehead atoms. The summed E-state index contributed by atoms with van der Waals surface area (Å²) in [4.78, 5) is 0. The van der Waals surface area contributed by atoms with Crippen LogP contribution in [0.3, 0.4) is 0 Å². The van der Waals surface area contributed by atoms with Gasteiger partial charge in [-0.1, -0.05) is 11.5 Å². The van der Waals surface area contributed by atoms with Crippen molar-refractivity contribution in [3.63, 3.8) is 0 Å². The number of hydrogen-bond acceptors (Lipinski definition) is 1. The first-order valence-corrected chi connectivity index (χ1v) is 3.10. The van der Waals surface area contributed by atoms with Crippen molar-refractivity contribution in [3.8, 4) is 0 Å². The Bertz CT molecular complexity index is 135. The van der Waals surface area contributed by atoms with Gasteiger partial charge in [0.1, 0.15) is 0 Å². The summed E-state index contributed by atoms with van der Waals surface area (Å²) >= 11 is 0. The van der Waals surface area contributed by atoms with Crippen molar-refractivity contribution in [3.05, 3.63) is 23.6 Å². The fourth-order valence-electron chi connectivity index (χ4n) is 0.361. The summed E-state index contributed by atoms with van der Waals surface area (Å²) in [7, 11) is 0. The second-order valence-electron chi connectivity index (χ2n) is 1.44. The Morgan fingerprint density at radius 3 is 2.78 bits per heavy atom. The van der Waals surface area contributed by atoms with Gasteiger partial charge in [-0.3, -0.25) is 0 Å². The fraction of sp³-hybridized carbons (Fsp3) is 0.500. The Balaban J connectivity index is 3.36. The number of allylic oxidation sites excluding steroid dienone is 1. The van der Waals surface area contributed by atoms with Gasteiger partial charge in [-0.05, 0) is 26.0 Å². The number of hydrogen-bond donors (Lipinski definition) is 0. The van der Waals surface area contributed by atoms with Crippen LogP contribution in [0.1, 0.15) is 13.8 Å². The van der Waals surface area contributed by atoms with Crippen molar-refractivity contribution in [1.82, 2.24) is 0 Å². The third-order valence-electron chi connectivity index (χ3n) is 0.735. The van der Waals surface area contributed by atoms with Crippen molar-refractivity contribution < 1.29 is 4.74 Å². The second-order valence-corrected chi connectivity index (χ2v) is 1.44. The van der Waals surface area contributed by atoms with Gasteiger partial charge in [-0.25, -0.2) is 0 Å². The van der Waals surface area contributed by atoms with Crippen LogP contribution in [0.5, 0.6) is 0 Å². The van der Waals surface area contributed by atoms with E-state index in [1.54, 1.807) is 0 Å². The third-order valence-corrected chi connectivity index (χ3v) is 0.735. The molecule has 0 aliphatic carbocycles. The molecule has 0 N–H and O–H groups in total. The van der Waals surface area contributed by atoms with Gasteiger partial charge in [0.2, 0.25) is 0 Å². The molecule has 1 heteroatoms. The lowest BCUT2D eigenvalue weighted by Gasteiger charge is -1.88. The van der Waals surface area contributed by atoms with E-state index in [2.05, 4.69) is 11.5 Å². The molecule has 0 aliphatic heterocycles. The second kappa shape index (κ2) is 7.26. The smallest absolute Gasteiger partial charge is 0.0727 e. The van der Waals surface area contributed by atoms with Crippen molar-refractivity contribution in [2.24, 2.45) is 0 Å². The highest BCUT2D eigenvalue weighted by atomic mass is 16.5. The third kappa shape index (κ3) is 7.26. The lowest BCUT2D eigenvalue weighted by Crippen LogP contribution is -1.86. The minimum atomic E-state index is 0.636. The van der Waals surface area contributed by atoms with E-state index in [4.69, 9.17) is 4.74 Å². The van der Waals surface area contributed by atoms with Gasteiger partial charge in [0.05, 0.1) is 6.61 Å². The summed E-state index contributed by atoms with van der Waals surface area (Å²) in [5, 5.41) is 0. The average molecular weight is 124 g/mol. The van der Waals surface area contributed by atoms with E-state index >= 15 is 0 Å². The van der Waals surface area contributed by atoms with Crippen LogP contribution in [0.4, 0.5) is 0 Å². The van der Waals surface area contributed by atoms with Gasteiger partial charge < -0.3 is 4.74 Å². The largest absolute Gasteiger partial charge is 0.377 e. The maximum Gasteiger partial charge on any atom is 0.0727 e. The van der Waals surface area contributed by atoms with E-state index in [0.29, 0.717) is 6.61 Å². The molecule has 0 aliphatic rings. The molecule has 0 aromatic rings. The van der Waals surface area contributed by atoms with E-state index in [9.17, 15) is 0 Å². The molecule has 0 unspecified atom stereocenters. The zero-order valence-corrected chi connectivity index (χ0v) is 5.98. The van der Waals surface area contributed by atoms with Crippen LogP contribution < -0.4 is 0 Å². The number of ether oxygens (including phenoxy) is 1. The molecule has 0 amide bonds. The summed E-state index contributed by atoms with van der Waals surface area (Å²) in [6, 6.07) is 0. The lowest BCUT2D eigenvalue weighted by atomic mass is 10.6. The van der Waals surface area contributed by atoms with Gasteiger partial charge in [0.15, 0.2) is 0 Å². The van der Waals surface area contributed by atoms with Crippen LogP contribution in [0.2, 0.25) is 0 Å². The summed E-state index contributed by atoms with van der Waals surface area (Å²) in [6.07, 6.45) is 3.62. The Morgan fingerprint density at radius 1 is 1.44 bits per heavy atom. The fourth-order valence-corrected chi connectivity index (χ4v) is 0.361. The van der Waals surface area contributed by atoms with E-state index in [-0.39, 0.29) is 0 Å². The van der Waals surface area contributed by atoms with Crippen LogP contribution >= 0.6 is 0 Å². The molecule has 0 aromatic heterocycles. The Hall–Kier alpha value is -0.740. The first-order valence-electron chi connectivity index (χ1n) is 3.10. The minimum absolute atomic E-state index is 0.636. The van der Waals surface area contributed by atoms with Gasteiger partial charge in [-0.2, -0.15) is 0 Å². The molecule has 0 saturated heterocycles. The molecule has 0 atom stereocenters. The predicted octanol–water partition coefficient (Wildman–Crippen LogP) is 1.91. The van der Waals surface area contributed by atoms with Gasteiger partial charge in [0.25, 0.3) is 0 Å². The Kier molecular flexibility index (Phi) is 6.66. The summed E-state index contributed by atoms with van der Waals surface area (Å²) in [5.41, 5.74) is 5.61. The summed E-state index contributed by atoms with van der Waals surface area (Å²) < 4.78 is 5.01. The van der Waals surface area contributed by atoms with Gasteiger partial charge in [-0.15, -0.1) is 0 Å². The highest BCUT2D eigenvalue weighted by Gasteiger charge is 1.70. The number of rotatable bonds is 3. The minimum Gasteiger partial charge on any atom is -0.377 e. The van der Waals surface area contributed by atoms with Crippen molar-refractivity contribution >= 4 is 0 Å². The molecule has 0 heterocycles. The molecule has 0 aromatic carbocycles. The first kappa shape index (κ1) is 8.26. The molecule has 50 valence electrons. The zero-order valence-electron chi connectivity index (χ0n) is 5.98. The molecule has 0 rings (SSSR count). The Labute approximate surface area is 56.3 Å². The van der Waals surface area contributed by atoms with Crippen molar-refractivity contribution in [2.45, 2.75) is 13.8 Å². The van der Waals surface area contributed by atoms with E-state index < -0.39 is 0 Å². The molecule has 1 nitrogen and oxygen atoms in total. The molecular formula is C8H12O. The van der Waals surface area contributed by atoms with Crippen molar-refractivity contribution in [1.29, 1.82) is 0 Å². The maximum atomic E-state index is 5.01. The maximum absolute atomic E-state index is 5.01. The molecule has 0 fully saturated rings. The van der Waals surface area contributed by atoms with E-state index in [1.807, 2.05) is 26.0 Å². The van der Waals surface area contributed by atoms with Crippen LogP contribution in [0, 0.1) is 0 Å². The van der Waals surface area contributed by atoms with Crippen LogP contribution in [0.25, 0.3) is 0 Å². The first-order chi connectivity index (χ1) is 4.41. The molecule has 0 saturated carbocycles. The molecule has 9 heavy (non-hydrogen) atoms. The predicted molar refractivity (Wildman–Crippen MR) is 38.3 cm³/mol. The average Bonchev–Trinajstić information content (AvgIpc) is 1.89. The van der Waals surface area contributed by atoms with Crippen molar-refractivity contribution in [2.75, 3.05) is 13.2 Å². The molecule has 0 spiro atoms. The zero-order chi connectivity index (χ0) is 6.95. The summed E-state index contributed by atoms with van der Waals surface area (Å²) in [6.45, 7) is 5.26. The monoisotopic (exact) mass is 124 g/mol. The topological polar surface area (TPSA) is 9.23 Å². The SMILES string of the molecule is CC=C=C=CCOCC. The van der Waals surface area contributed by atoms with Gasteiger partial charge >= 0.3 is 0 Å². The normalized spacial score (nSPS) is 7.33. The van der Waals surface area contributed by atoms with Crippen LogP contribution in [-0.2, 0) is 4.74 Å². The quantitative estimate of drug-likeness (QED) is 0.412.